The Balaban J connectivity index is 1.49. The molecule has 0 spiro atoms. The number of nitrogens with zero attached hydrogens (tertiary/aromatic N) is 3. The summed E-state index contributed by atoms with van der Waals surface area (Å²) in [5.41, 5.74) is 1.03. The summed E-state index contributed by atoms with van der Waals surface area (Å²) in [6.07, 6.45) is 1.38. The minimum absolute atomic E-state index is 0.159. The van der Waals surface area contributed by atoms with E-state index in [0.29, 0.717) is 13.0 Å². The van der Waals surface area contributed by atoms with Crippen molar-refractivity contribution in [2.24, 2.45) is 0 Å². The molecule has 1 N–H and O–H groups in total. The summed E-state index contributed by atoms with van der Waals surface area (Å²) in [6, 6.07) is 13.2. The molecule has 8 heteroatoms. The lowest BCUT2D eigenvalue weighted by molar-refractivity contribution is 0.138. The maximum atomic E-state index is 13.7. The van der Waals surface area contributed by atoms with E-state index in [0.717, 1.165) is 22.4 Å². The van der Waals surface area contributed by atoms with E-state index in [9.17, 15) is 13.6 Å². The van der Waals surface area contributed by atoms with Gasteiger partial charge in [0.1, 0.15) is 18.0 Å². The Bertz CT molecular complexity index is 864. The van der Waals surface area contributed by atoms with Crippen LogP contribution in [0.3, 0.4) is 0 Å². The molecule has 0 aliphatic heterocycles. The first-order chi connectivity index (χ1) is 12.6. The molecular formula is C18H16F2N4O2. The number of carbonyl (C=O) groups excluding carboxylic acids is 1. The number of hydrogen-bond donors (Lipinski definition) is 1. The van der Waals surface area contributed by atoms with Crippen molar-refractivity contribution in [3.8, 4) is 5.69 Å². The van der Waals surface area contributed by atoms with E-state index in [1.165, 1.54) is 12.3 Å². The fourth-order valence-electron chi connectivity index (χ4n) is 2.33. The van der Waals surface area contributed by atoms with Gasteiger partial charge in [0.15, 0.2) is 11.6 Å². The van der Waals surface area contributed by atoms with Crippen molar-refractivity contribution < 1.29 is 18.3 Å². The van der Waals surface area contributed by atoms with Gasteiger partial charge in [-0.3, -0.25) is 0 Å². The van der Waals surface area contributed by atoms with Gasteiger partial charge in [0.25, 0.3) is 0 Å². The Labute approximate surface area is 148 Å². The first kappa shape index (κ1) is 17.5. The first-order valence-electron chi connectivity index (χ1n) is 7.93. The van der Waals surface area contributed by atoms with Crippen molar-refractivity contribution in [1.29, 1.82) is 0 Å². The Hall–Kier alpha value is -3.29. The summed E-state index contributed by atoms with van der Waals surface area (Å²) >= 11 is 0. The molecule has 0 aliphatic rings. The van der Waals surface area contributed by atoms with Gasteiger partial charge < -0.3 is 10.1 Å². The second-order valence-electron chi connectivity index (χ2n) is 5.46. The van der Waals surface area contributed by atoms with Crippen molar-refractivity contribution in [1.82, 2.24) is 20.3 Å². The first-order valence-corrected chi connectivity index (χ1v) is 7.93. The van der Waals surface area contributed by atoms with Gasteiger partial charge in [-0.25, -0.2) is 18.3 Å². The van der Waals surface area contributed by atoms with Gasteiger partial charge in [-0.2, -0.15) is 0 Å². The van der Waals surface area contributed by atoms with Crippen LogP contribution >= 0.6 is 0 Å². The normalized spacial score (nSPS) is 10.5. The highest BCUT2D eigenvalue weighted by atomic mass is 19.1. The minimum atomic E-state index is -0.763. The highest BCUT2D eigenvalue weighted by Gasteiger charge is 2.13. The summed E-state index contributed by atoms with van der Waals surface area (Å²) in [4.78, 5) is 11.7. The van der Waals surface area contributed by atoms with Crippen LogP contribution in [0.2, 0.25) is 0 Å². The summed E-state index contributed by atoms with van der Waals surface area (Å²) in [5.74, 6) is -1.53. The van der Waals surface area contributed by atoms with Crippen molar-refractivity contribution in [2.45, 2.75) is 13.0 Å². The van der Waals surface area contributed by atoms with E-state index in [1.807, 2.05) is 30.3 Å². The molecule has 2 aromatic carbocycles. The predicted octanol–water partition coefficient (Wildman–Crippen LogP) is 3.01. The number of halogens is 2. The second kappa shape index (κ2) is 8.19. The van der Waals surface area contributed by atoms with Crippen molar-refractivity contribution in [2.75, 3.05) is 6.54 Å². The number of benzene rings is 2. The predicted molar refractivity (Wildman–Crippen MR) is 89.6 cm³/mol. The standard InChI is InChI=1S/C18H16F2N4O2/c19-15-7-4-8-16(20)17(15)24-11-14(22-23-24)12-26-18(25)21-10-9-13-5-2-1-3-6-13/h1-8,11H,9-10,12H2,(H,21,25). The van der Waals surface area contributed by atoms with Crippen LogP contribution in [0.5, 0.6) is 0 Å². The third kappa shape index (κ3) is 4.41. The van der Waals surface area contributed by atoms with Gasteiger partial charge in [0, 0.05) is 6.54 Å². The molecule has 0 saturated carbocycles. The summed E-state index contributed by atoms with van der Waals surface area (Å²) < 4.78 is 33.4. The molecule has 0 saturated heterocycles. The molecule has 26 heavy (non-hydrogen) atoms. The monoisotopic (exact) mass is 358 g/mol. The lowest BCUT2D eigenvalue weighted by atomic mass is 10.1. The molecule has 0 fully saturated rings. The molecule has 134 valence electrons. The largest absolute Gasteiger partial charge is 0.443 e. The van der Waals surface area contributed by atoms with Crippen LogP contribution in [-0.4, -0.2) is 27.6 Å². The number of hydrogen-bond acceptors (Lipinski definition) is 4. The molecule has 0 radical (unpaired) electrons. The zero-order valence-electron chi connectivity index (χ0n) is 13.7. The van der Waals surface area contributed by atoms with Gasteiger partial charge in [0.05, 0.1) is 6.20 Å². The molecule has 0 aliphatic carbocycles. The molecule has 0 atom stereocenters. The average Bonchev–Trinajstić information content (AvgIpc) is 3.09. The van der Waals surface area contributed by atoms with E-state index in [-0.39, 0.29) is 18.0 Å². The third-order valence-corrected chi connectivity index (χ3v) is 3.58. The SMILES string of the molecule is O=C(NCCc1ccccc1)OCc1cn(-c2c(F)cccc2F)nn1. The number of nitrogens with one attached hydrogen (secondary N) is 1. The summed E-state index contributed by atoms with van der Waals surface area (Å²) in [5, 5.41) is 10.0. The topological polar surface area (TPSA) is 69.0 Å². The van der Waals surface area contributed by atoms with Crippen molar-refractivity contribution in [3.05, 3.63) is 77.6 Å². The average molecular weight is 358 g/mol. The van der Waals surface area contributed by atoms with Gasteiger partial charge in [-0.05, 0) is 24.1 Å². The van der Waals surface area contributed by atoms with E-state index < -0.39 is 17.7 Å². The maximum Gasteiger partial charge on any atom is 0.407 e. The number of para-hydroxylation sites is 1. The van der Waals surface area contributed by atoms with Crippen molar-refractivity contribution in [3.63, 3.8) is 0 Å². The quantitative estimate of drug-likeness (QED) is 0.735. The van der Waals surface area contributed by atoms with Gasteiger partial charge in [-0.15, -0.1) is 5.10 Å². The number of amides is 1. The molecule has 1 heterocycles. The van der Waals surface area contributed by atoms with Crippen molar-refractivity contribution >= 4 is 6.09 Å². The zero-order chi connectivity index (χ0) is 18.4. The summed E-state index contributed by atoms with van der Waals surface area (Å²) in [7, 11) is 0. The van der Waals surface area contributed by atoms with E-state index in [1.54, 1.807) is 0 Å². The fraction of sp³-hybridized carbons (Fsp3) is 0.167. The van der Waals surface area contributed by atoms with Crippen LogP contribution in [0.25, 0.3) is 5.69 Å². The molecule has 1 amide bonds. The molecular weight excluding hydrogens is 342 g/mol. The number of carbonyl (C=O) groups is 1. The molecule has 3 rings (SSSR count). The molecule has 3 aromatic rings. The Morgan fingerprint density at radius 2 is 1.81 bits per heavy atom. The maximum absolute atomic E-state index is 13.7. The van der Waals surface area contributed by atoms with E-state index >= 15 is 0 Å². The Morgan fingerprint density at radius 1 is 1.08 bits per heavy atom. The van der Waals surface area contributed by atoms with E-state index in [4.69, 9.17) is 4.74 Å². The van der Waals surface area contributed by atoms with Crippen LogP contribution in [0.4, 0.5) is 13.6 Å². The van der Waals surface area contributed by atoms with E-state index in [2.05, 4.69) is 15.6 Å². The molecule has 1 aromatic heterocycles. The molecule has 0 unspecified atom stereocenters. The highest BCUT2D eigenvalue weighted by molar-refractivity contribution is 5.67. The Kier molecular flexibility index (Phi) is 5.52. The third-order valence-electron chi connectivity index (χ3n) is 3.58. The molecule has 0 bridgehead atoms. The second-order valence-corrected chi connectivity index (χ2v) is 5.46. The van der Waals surface area contributed by atoms with Crippen LogP contribution in [0.15, 0.2) is 54.7 Å². The smallest absolute Gasteiger partial charge is 0.407 e. The lowest BCUT2D eigenvalue weighted by Crippen LogP contribution is -2.26. The van der Waals surface area contributed by atoms with Gasteiger partial charge in [0.2, 0.25) is 0 Å². The summed E-state index contributed by atoms with van der Waals surface area (Å²) in [6.45, 7) is 0.267. The fourth-order valence-corrected chi connectivity index (χ4v) is 2.33. The van der Waals surface area contributed by atoms with Gasteiger partial charge in [-0.1, -0.05) is 41.6 Å². The zero-order valence-corrected chi connectivity index (χ0v) is 13.7. The van der Waals surface area contributed by atoms with Crippen LogP contribution in [0, 0.1) is 11.6 Å². The number of aromatic nitrogens is 3. The molecule has 6 nitrogen and oxygen atoms in total. The number of ether oxygens (including phenoxy) is 1. The van der Waals surface area contributed by atoms with Crippen LogP contribution in [0.1, 0.15) is 11.3 Å². The lowest BCUT2D eigenvalue weighted by Gasteiger charge is -2.05. The Morgan fingerprint density at radius 3 is 2.54 bits per heavy atom. The van der Waals surface area contributed by atoms with Crippen LogP contribution in [-0.2, 0) is 17.8 Å². The van der Waals surface area contributed by atoms with Gasteiger partial charge >= 0.3 is 6.09 Å². The minimum Gasteiger partial charge on any atom is -0.443 e. The van der Waals surface area contributed by atoms with Crippen LogP contribution < -0.4 is 5.32 Å². The highest BCUT2D eigenvalue weighted by Crippen LogP contribution is 2.16. The number of alkyl carbamates (subject to hydrolysis) is 1. The number of rotatable bonds is 6.